The quantitative estimate of drug-likeness (QED) is 0.0793. The number of halogens is 3. The van der Waals surface area contributed by atoms with Crippen LogP contribution in [0.3, 0.4) is 0 Å². The van der Waals surface area contributed by atoms with E-state index in [-0.39, 0.29) is 79.9 Å². The van der Waals surface area contributed by atoms with Crippen LogP contribution in [0, 0.1) is 24.2 Å². The highest BCUT2D eigenvalue weighted by molar-refractivity contribution is 7.81. The number of thiazole rings is 1. The van der Waals surface area contributed by atoms with E-state index in [1.165, 1.54) is 22.3 Å². The van der Waals surface area contributed by atoms with Crippen LogP contribution >= 0.6 is 23.6 Å². The van der Waals surface area contributed by atoms with E-state index in [2.05, 4.69) is 4.98 Å². The van der Waals surface area contributed by atoms with E-state index in [1.807, 2.05) is 51.1 Å². The van der Waals surface area contributed by atoms with Gasteiger partial charge in [-0.3, -0.25) is 24.1 Å². The summed E-state index contributed by atoms with van der Waals surface area (Å²) in [7, 11) is 0. The summed E-state index contributed by atoms with van der Waals surface area (Å²) in [6.07, 6.45) is -5.28. The number of hydrogen-bond donors (Lipinski definition) is 1. The first-order valence-corrected chi connectivity index (χ1v) is 23.7. The number of hydrogen-bond acceptors (Lipinski definition) is 11. The average Bonchev–Trinajstić information content (AvgIpc) is 4.06. The second-order valence-corrected chi connectivity index (χ2v) is 19.3. The third kappa shape index (κ3) is 9.55. The molecule has 3 aliphatic heterocycles. The molecule has 3 aliphatic rings. The van der Waals surface area contributed by atoms with Gasteiger partial charge < -0.3 is 29.3 Å². The van der Waals surface area contributed by atoms with Crippen molar-refractivity contribution in [2.75, 3.05) is 29.6 Å². The Bertz CT molecular complexity index is 2880. The van der Waals surface area contributed by atoms with E-state index < -0.39 is 46.9 Å². The van der Waals surface area contributed by atoms with E-state index in [0.717, 1.165) is 44.3 Å². The molecule has 0 spiro atoms. The number of thiocarbonyl (C=S) groups is 1. The molecular formula is C51H49F3N6O7S2. The predicted molar refractivity (Wildman–Crippen MR) is 257 cm³/mol. The van der Waals surface area contributed by atoms with Gasteiger partial charge in [0.1, 0.15) is 36.3 Å². The first kappa shape index (κ1) is 48.8. The number of alkyl halides is 3. The van der Waals surface area contributed by atoms with Crippen molar-refractivity contribution >= 4 is 63.5 Å². The monoisotopic (exact) mass is 978 g/mol. The zero-order valence-electron chi connectivity index (χ0n) is 38.4. The third-order valence-corrected chi connectivity index (χ3v) is 14.1. The van der Waals surface area contributed by atoms with Gasteiger partial charge in [0, 0.05) is 37.2 Å². The number of aliphatic hydroxyl groups excluding tert-OH is 1. The van der Waals surface area contributed by atoms with Crippen LogP contribution in [0.4, 0.5) is 24.5 Å². The smallest absolute Gasteiger partial charge is 0.417 e. The maximum Gasteiger partial charge on any atom is 0.417 e. The Morgan fingerprint density at radius 1 is 1.00 bits per heavy atom. The number of aromatic nitrogens is 1. The van der Waals surface area contributed by atoms with Crippen LogP contribution in [0.25, 0.3) is 10.4 Å². The van der Waals surface area contributed by atoms with Crippen LogP contribution in [0.1, 0.15) is 78.8 Å². The van der Waals surface area contributed by atoms with Crippen molar-refractivity contribution in [2.45, 2.75) is 90.3 Å². The first-order chi connectivity index (χ1) is 32.8. The number of amides is 3. The number of ether oxygens (including phenoxy) is 2. The molecule has 4 aromatic carbocycles. The highest BCUT2D eigenvalue weighted by atomic mass is 32.1. The number of carbonyl (C=O) groups is 4. The molecule has 3 atom stereocenters. The molecule has 0 radical (unpaired) electrons. The van der Waals surface area contributed by atoms with Crippen LogP contribution in [-0.2, 0) is 33.5 Å². The lowest BCUT2D eigenvalue weighted by Gasteiger charge is -2.35. The number of β-amino-alcohol motifs (C(OH)–C–C–N with tert-alkyl or cyclic N) is 1. The number of fused-ring (bicyclic) bond motifs is 1. The third-order valence-electron chi connectivity index (χ3n) is 12.8. The SMILES string of the molecule is Cc1ncsc1-c1ccc(CCC(=O)[C@@H]2C[C@@H](O)CN2C(=O)[C@H](C(C)C)N2Cc3ccccc3C2=O)c(OCCOc2ccc(N3C(=S)N(c4ccc(C#N)c(C(F)(F)F)c4)C(=O)C3(C)C)cc2)c1. The number of nitriles is 1. The van der Waals surface area contributed by atoms with E-state index in [9.17, 15) is 42.7 Å². The summed E-state index contributed by atoms with van der Waals surface area (Å²) in [6, 6.07) is 22.6. The maximum absolute atomic E-state index is 14.3. The molecule has 0 bridgehead atoms. The Hall–Kier alpha value is -6.68. The zero-order valence-corrected chi connectivity index (χ0v) is 40.1. The summed E-state index contributed by atoms with van der Waals surface area (Å²) in [5, 5.41) is 20.0. The molecule has 0 aliphatic carbocycles. The number of aryl methyl sites for hydroxylation is 2. The molecule has 1 aromatic heterocycles. The number of aliphatic hydroxyl groups is 1. The van der Waals surface area contributed by atoms with Crippen molar-refractivity contribution in [3.05, 3.63) is 124 Å². The minimum Gasteiger partial charge on any atom is -0.490 e. The van der Waals surface area contributed by atoms with Crippen LogP contribution in [0.2, 0.25) is 0 Å². The Labute approximate surface area is 406 Å². The van der Waals surface area contributed by atoms with Gasteiger partial charge in [0.15, 0.2) is 10.9 Å². The minimum atomic E-state index is -4.82. The number of carbonyl (C=O) groups excluding carboxylic acids is 4. The maximum atomic E-state index is 14.3. The molecule has 18 heteroatoms. The molecule has 13 nitrogen and oxygen atoms in total. The summed E-state index contributed by atoms with van der Waals surface area (Å²) in [5.41, 5.74) is 3.01. The molecule has 358 valence electrons. The van der Waals surface area contributed by atoms with E-state index in [0.29, 0.717) is 22.7 Å². The highest BCUT2D eigenvalue weighted by Crippen LogP contribution is 2.41. The van der Waals surface area contributed by atoms with Crippen LogP contribution in [0.15, 0.2) is 90.4 Å². The Kier molecular flexibility index (Phi) is 13.7. The van der Waals surface area contributed by atoms with Crippen LogP contribution in [0.5, 0.6) is 11.5 Å². The normalized spacial score (nSPS) is 18.2. The van der Waals surface area contributed by atoms with Gasteiger partial charge in [0.2, 0.25) is 5.91 Å². The van der Waals surface area contributed by atoms with Crippen molar-refractivity contribution in [3.63, 3.8) is 0 Å². The average molecular weight is 979 g/mol. The number of nitrogens with zero attached hydrogens (tertiary/aromatic N) is 6. The van der Waals surface area contributed by atoms with Gasteiger partial charge >= 0.3 is 6.18 Å². The van der Waals surface area contributed by atoms with Crippen LogP contribution in [-0.4, -0.2) is 92.0 Å². The van der Waals surface area contributed by atoms with Crippen LogP contribution < -0.4 is 19.3 Å². The lowest BCUT2D eigenvalue weighted by molar-refractivity contribution is -0.142. The highest BCUT2D eigenvalue weighted by Gasteiger charge is 2.51. The second kappa shape index (κ2) is 19.4. The topological polar surface area (TPSA) is 157 Å². The summed E-state index contributed by atoms with van der Waals surface area (Å²) >= 11 is 7.16. The molecule has 8 rings (SSSR count). The van der Waals surface area contributed by atoms with Crippen molar-refractivity contribution in [2.24, 2.45) is 5.92 Å². The fourth-order valence-electron chi connectivity index (χ4n) is 9.31. The molecule has 5 aromatic rings. The van der Waals surface area contributed by atoms with Gasteiger partial charge in [-0.25, -0.2) is 4.98 Å². The zero-order chi connectivity index (χ0) is 49.5. The molecule has 3 amide bonds. The summed E-state index contributed by atoms with van der Waals surface area (Å²) in [6.45, 7) is 9.39. The van der Waals surface area contributed by atoms with Crippen molar-refractivity contribution < 1.29 is 46.9 Å². The molecule has 69 heavy (non-hydrogen) atoms. The Morgan fingerprint density at radius 2 is 1.71 bits per heavy atom. The lowest BCUT2D eigenvalue weighted by atomic mass is 9.97. The van der Waals surface area contributed by atoms with Gasteiger partial charge in [-0.15, -0.1) is 11.3 Å². The van der Waals surface area contributed by atoms with Crippen molar-refractivity contribution in [3.8, 4) is 28.0 Å². The first-order valence-electron chi connectivity index (χ1n) is 22.4. The van der Waals surface area contributed by atoms with E-state index in [4.69, 9.17) is 21.7 Å². The van der Waals surface area contributed by atoms with Gasteiger partial charge in [0.05, 0.1) is 51.1 Å². The Morgan fingerprint density at radius 3 is 2.38 bits per heavy atom. The van der Waals surface area contributed by atoms with Crippen molar-refractivity contribution in [1.29, 1.82) is 5.26 Å². The fourth-order valence-corrected chi connectivity index (χ4v) is 10.6. The Balaban J connectivity index is 0.927. The molecule has 1 N–H and O–H groups in total. The number of Topliss-reactive ketones (excluding diaryl/α,β-unsaturated/α-hetero) is 1. The largest absolute Gasteiger partial charge is 0.490 e. The molecule has 0 unspecified atom stereocenters. The number of likely N-dealkylation sites (tertiary alicyclic amines) is 1. The number of anilines is 2. The summed E-state index contributed by atoms with van der Waals surface area (Å²) in [5.74, 6) is -0.606. The molecule has 4 heterocycles. The molecule has 0 saturated carbocycles. The van der Waals surface area contributed by atoms with Gasteiger partial charge in [0.25, 0.3) is 11.8 Å². The molecule has 2 fully saturated rings. The van der Waals surface area contributed by atoms with Crippen molar-refractivity contribution in [1.82, 2.24) is 14.8 Å². The number of rotatable bonds is 15. The predicted octanol–water partition coefficient (Wildman–Crippen LogP) is 8.53. The summed E-state index contributed by atoms with van der Waals surface area (Å²) < 4.78 is 53.8. The lowest BCUT2D eigenvalue weighted by Crippen LogP contribution is -2.54. The van der Waals surface area contributed by atoms with E-state index in [1.54, 1.807) is 71.6 Å². The number of ketones is 1. The second-order valence-electron chi connectivity index (χ2n) is 18.1. The van der Waals surface area contributed by atoms with E-state index >= 15 is 0 Å². The molecule has 2 saturated heterocycles. The van der Waals surface area contributed by atoms with Gasteiger partial charge in [-0.05, 0) is 117 Å². The standard InChI is InChI=1S/C51H49F3N6O7S2/c1-29(2)44(58-26-34-8-6-7-9-39(34)46(58)63)47(64)57-27-37(61)24-41(57)42(62)19-13-31-10-11-32(45-30(3)56-28-69-45)22-43(31)67-21-20-66-38-17-15-35(16-18-38)60-49(68)59(48(65)50(60,4)5)36-14-12-33(25-55)40(23-36)51(52,53)54/h6-12,14-18,22-23,28-29,37,41,44,61H,13,19-21,24,26-27H2,1-5H3/t37-,41+,44+/m1/s1. The fraction of sp³-hybridized carbons (Fsp3) is 0.353. The molecular weight excluding hydrogens is 930 g/mol. The number of benzene rings is 4. The van der Waals surface area contributed by atoms with Gasteiger partial charge in [-0.2, -0.15) is 18.4 Å². The summed E-state index contributed by atoms with van der Waals surface area (Å²) in [4.78, 5) is 66.5. The minimum absolute atomic E-state index is 0.00962. The van der Waals surface area contributed by atoms with Gasteiger partial charge in [-0.1, -0.05) is 44.2 Å².